The van der Waals surface area contributed by atoms with Crippen LogP contribution in [0.15, 0.2) is 91.3 Å². The number of carboxylic acids is 2. The number of nitrogens with one attached hydrogen (secondary N) is 8. The van der Waals surface area contributed by atoms with E-state index in [2.05, 4.69) is 41.9 Å². The van der Waals surface area contributed by atoms with Crippen LogP contribution in [0.5, 0.6) is 0 Å². The van der Waals surface area contributed by atoms with Crippen LogP contribution < -0.4 is 43.4 Å². The highest BCUT2D eigenvalue weighted by Crippen LogP contribution is 2.22. The summed E-state index contributed by atoms with van der Waals surface area (Å²) in [5.74, 6) is -8.31. The van der Waals surface area contributed by atoms with Gasteiger partial charge in [-0.3, -0.25) is 33.6 Å². The molecule has 5 aromatic rings. The van der Waals surface area contributed by atoms with Crippen LogP contribution in [0.25, 0.3) is 21.8 Å². The average molecular weight is 1010 g/mol. The Labute approximate surface area is 424 Å². The predicted molar refractivity (Wildman–Crippen MR) is 275 cm³/mol. The largest absolute Gasteiger partial charge is 0.481 e. The molecule has 0 radical (unpaired) electrons. The van der Waals surface area contributed by atoms with Crippen molar-refractivity contribution in [1.82, 2.24) is 41.9 Å². The molecule has 0 aliphatic rings. The van der Waals surface area contributed by atoms with E-state index >= 15 is 0 Å². The number of carbonyl (C=O) groups excluding carboxylic acids is 6. The van der Waals surface area contributed by atoms with Crippen LogP contribution in [0.3, 0.4) is 0 Å². The van der Waals surface area contributed by atoms with Crippen molar-refractivity contribution < 1.29 is 48.6 Å². The number of amides is 6. The number of para-hydroxylation sites is 2. The zero-order chi connectivity index (χ0) is 53.2. The van der Waals surface area contributed by atoms with Gasteiger partial charge in [0.15, 0.2) is 0 Å². The Morgan fingerprint density at radius 3 is 1.55 bits per heavy atom. The normalized spacial score (nSPS) is 14.7. The van der Waals surface area contributed by atoms with Gasteiger partial charge in [0.25, 0.3) is 0 Å². The van der Waals surface area contributed by atoms with Crippen molar-refractivity contribution in [3.8, 4) is 0 Å². The van der Waals surface area contributed by atoms with E-state index in [9.17, 15) is 48.6 Å². The minimum Gasteiger partial charge on any atom is -0.481 e. The Morgan fingerprint density at radius 1 is 0.548 bits per heavy atom. The van der Waals surface area contributed by atoms with Crippen molar-refractivity contribution in [3.05, 3.63) is 108 Å². The molecule has 20 nitrogen and oxygen atoms in total. The zero-order valence-electron chi connectivity index (χ0n) is 41.7. The molecule has 0 saturated heterocycles. The lowest BCUT2D eigenvalue weighted by molar-refractivity contribution is -0.143. The second-order valence-corrected chi connectivity index (χ2v) is 18.8. The number of aromatic amines is 2. The number of aromatic nitrogens is 2. The Balaban J connectivity index is 1.41. The summed E-state index contributed by atoms with van der Waals surface area (Å²) in [7, 11) is 0. The maximum absolute atomic E-state index is 14.5. The standard InChI is InChI=1S/C53H70N10O10/c1-5-31(4)46(63-50(69)42(26-33-28-56-38-19-11-9-17-35(33)38)60-47(66)37(55)25-32-15-7-6-8-16-32)52(71)58-40(22-23-44(64)65)48(67)61-43(27-34-29-57-39-20-12-10-18-36(34)39)49(68)62-45(30(2)3)51(70)59-41(53(72)73)21-13-14-24-54/h6-12,15-20,28-31,37,40-43,45-46,56-57H,5,13-14,21-27,54-55H2,1-4H3,(H,58,71)(H,59,70)(H,60,66)(H,61,67)(H,62,68)(H,63,69)(H,64,65)(H,72,73)/t31-,37-,40-,41-,42-,43-,45-,46-/m0/s1. The van der Waals surface area contributed by atoms with Gasteiger partial charge >= 0.3 is 11.9 Å². The number of hydrogen-bond donors (Lipinski definition) is 12. The van der Waals surface area contributed by atoms with Crippen molar-refractivity contribution in [1.29, 1.82) is 0 Å². The number of benzene rings is 3. The lowest BCUT2D eigenvalue weighted by Crippen LogP contribution is -2.61. The maximum Gasteiger partial charge on any atom is 0.326 e. The molecule has 392 valence electrons. The SMILES string of the molecule is CC[C@H](C)[C@H](NC(=O)[C@H](Cc1c[nH]c2ccccc12)NC(=O)[C@@H](N)Cc1ccccc1)C(=O)N[C@@H](CCC(=O)O)C(=O)N[C@@H](Cc1c[nH]c2ccccc12)C(=O)N[C@H](C(=O)N[C@@H](CCCCN)C(=O)O)C(C)C. The number of aliphatic carboxylic acids is 2. The van der Waals surface area contributed by atoms with Gasteiger partial charge in [0, 0.05) is 53.5 Å². The van der Waals surface area contributed by atoms with Gasteiger partial charge in [-0.05, 0) is 79.3 Å². The summed E-state index contributed by atoms with van der Waals surface area (Å²) >= 11 is 0. The molecule has 20 heteroatoms. The topological polar surface area (TPSA) is 333 Å². The molecule has 5 rings (SSSR count). The molecule has 0 fully saturated rings. The fourth-order valence-electron chi connectivity index (χ4n) is 8.53. The molecule has 3 aromatic carbocycles. The summed E-state index contributed by atoms with van der Waals surface area (Å²) in [5.41, 5.74) is 15.6. The highest BCUT2D eigenvalue weighted by atomic mass is 16.4. The van der Waals surface area contributed by atoms with Crippen LogP contribution >= 0.6 is 0 Å². The van der Waals surface area contributed by atoms with Crippen LogP contribution in [0.4, 0.5) is 0 Å². The number of rotatable bonds is 29. The number of unbranched alkanes of at least 4 members (excludes halogenated alkanes) is 1. The minimum atomic E-state index is -1.56. The number of carboxylic acid groups (broad SMARTS) is 2. The number of fused-ring (bicyclic) bond motifs is 2. The van der Waals surface area contributed by atoms with E-state index in [-0.39, 0.29) is 25.7 Å². The second-order valence-electron chi connectivity index (χ2n) is 18.8. The molecule has 0 bridgehead atoms. The van der Waals surface area contributed by atoms with Gasteiger partial charge in [0.05, 0.1) is 6.04 Å². The third kappa shape index (κ3) is 16.2. The first-order valence-corrected chi connectivity index (χ1v) is 24.8. The Hall–Kier alpha value is -7.58. The smallest absolute Gasteiger partial charge is 0.326 e. The first kappa shape index (κ1) is 56.3. The molecule has 0 saturated carbocycles. The molecule has 73 heavy (non-hydrogen) atoms. The molecular formula is C53H70N10O10. The third-order valence-electron chi connectivity index (χ3n) is 13.0. The maximum atomic E-state index is 14.5. The Kier molecular flexibility index (Phi) is 21.1. The van der Waals surface area contributed by atoms with Gasteiger partial charge < -0.3 is 63.5 Å². The summed E-state index contributed by atoms with van der Waals surface area (Å²) in [4.78, 5) is 116. The van der Waals surface area contributed by atoms with Gasteiger partial charge in [0.2, 0.25) is 35.4 Å². The van der Waals surface area contributed by atoms with E-state index in [1.54, 1.807) is 46.2 Å². The first-order valence-electron chi connectivity index (χ1n) is 24.8. The number of H-pyrrole nitrogens is 2. The van der Waals surface area contributed by atoms with Crippen molar-refractivity contribution >= 4 is 69.2 Å². The third-order valence-corrected chi connectivity index (χ3v) is 13.0. The van der Waals surface area contributed by atoms with E-state index in [4.69, 9.17) is 11.5 Å². The highest BCUT2D eigenvalue weighted by Gasteiger charge is 2.36. The Bertz CT molecular complexity index is 2690. The van der Waals surface area contributed by atoms with Gasteiger partial charge in [-0.15, -0.1) is 0 Å². The fourth-order valence-corrected chi connectivity index (χ4v) is 8.53. The van der Waals surface area contributed by atoms with E-state index in [1.807, 2.05) is 72.8 Å². The van der Waals surface area contributed by atoms with Crippen molar-refractivity contribution in [2.45, 2.75) is 128 Å². The summed E-state index contributed by atoms with van der Waals surface area (Å²) in [6, 6.07) is 14.8. The fraction of sp³-hybridized carbons (Fsp3) is 0.434. The average Bonchev–Trinajstić information content (AvgIpc) is 3.98. The molecule has 0 aliphatic carbocycles. The number of nitrogens with two attached hydrogens (primary N) is 2. The van der Waals surface area contributed by atoms with Crippen LogP contribution in [-0.2, 0) is 57.6 Å². The lowest BCUT2D eigenvalue weighted by Gasteiger charge is -2.30. The van der Waals surface area contributed by atoms with E-state index in [1.165, 1.54) is 0 Å². The lowest BCUT2D eigenvalue weighted by atomic mass is 9.96. The number of hydrogen-bond acceptors (Lipinski definition) is 10. The highest BCUT2D eigenvalue weighted by molar-refractivity contribution is 5.98. The van der Waals surface area contributed by atoms with E-state index in [0.29, 0.717) is 36.9 Å². The molecule has 0 unspecified atom stereocenters. The molecule has 2 heterocycles. The Morgan fingerprint density at radius 2 is 1.03 bits per heavy atom. The minimum absolute atomic E-state index is 0.00622. The quantitative estimate of drug-likeness (QED) is 0.0308. The summed E-state index contributed by atoms with van der Waals surface area (Å²) in [6.45, 7) is 7.16. The summed E-state index contributed by atoms with van der Waals surface area (Å²) < 4.78 is 0. The van der Waals surface area contributed by atoms with E-state index in [0.717, 1.165) is 27.4 Å². The van der Waals surface area contributed by atoms with Crippen molar-refractivity contribution in [3.63, 3.8) is 0 Å². The summed E-state index contributed by atoms with van der Waals surface area (Å²) in [6.07, 6.45) is 3.90. The van der Waals surface area contributed by atoms with Crippen LogP contribution in [0.1, 0.15) is 82.9 Å². The van der Waals surface area contributed by atoms with Crippen LogP contribution in [0, 0.1) is 11.8 Å². The molecule has 8 atom stereocenters. The van der Waals surface area contributed by atoms with Gasteiger partial charge in [0.1, 0.15) is 36.3 Å². The van der Waals surface area contributed by atoms with Gasteiger partial charge in [-0.1, -0.05) is 101 Å². The van der Waals surface area contributed by atoms with Crippen molar-refractivity contribution in [2.75, 3.05) is 6.54 Å². The summed E-state index contributed by atoms with van der Waals surface area (Å²) in [5, 5.41) is 37.3. The molecule has 2 aromatic heterocycles. The number of carbonyl (C=O) groups is 8. The predicted octanol–water partition coefficient (Wildman–Crippen LogP) is 2.69. The van der Waals surface area contributed by atoms with Gasteiger partial charge in [-0.2, -0.15) is 0 Å². The molecule has 6 amide bonds. The molecule has 0 spiro atoms. The molecule has 14 N–H and O–H groups in total. The van der Waals surface area contributed by atoms with Crippen molar-refractivity contribution in [2.24, 2.45) is 23.3 Å². The van der Waals surface area contributed by atoms with Gasteiger partial charge in [-0.25, -0.2) is 4.79 Å². The van der Waals surface area contributed by atoms with E-state index < -0.39 is 114 Å². The zero-order valence-corrected chi connectivity index (χ0v) is 41.7. The first-order chi connectivity index (χ1) is 34.9. The second kappa shape index (κ2) is 27.3. The van der Waals surface area contributed by atoms with Crippen LogP contribution in [0.2, 0.25) is 0 Å². The van der Waals surface area contributed by atoms with Crippen LogP contribution in [-0.4, -0.2) is 116 Å². The molecule has 0 aliphatic heterocycles. The molecular weight excluding hydrogens is 937 g/mol. The monoisotopic (exact) mass is 1010 g/mol.